The van der Waals surface area contributed by atoms with Gasteiger partial charge in [0.2, 0.25) is 42.4 Å². The zero-order valence-corrected chi connectivity index (χ0v) is 48.1. The van der Waals surface area contributed by atoms with E-state index in [-0.39, 0.29) is 66.9 Å². The summed E-state index contributed by atoms with van der Waals surface area (Å²) < 4.78 is 2.28. The molecule has 1 aromatic heterocycles. The molecule has 0 saturated heterocycles. The first kappa shape index (κ1) is 74.4. The molecule has 1 heterocycles. The van der Waals surface area contributed by atoms with Crippen LogP contribution in [0.3, 0.4) is 0 Å². The number of amides is 7. The summed E-state index contributed by atoms with van der Waals surface area (Å²) in [6.45, 7) is 37.5. The Morgan fingerprint density at radius 2 is 1.40 bits per heavy atom. The molecule has 20 nitrogen and oxygen atoms in total. The van der Waals surface area contributed by atoms with Gasteiger partial charge in [0.25, 0.3) is 0 Å². The van der Waals surface area contributed by atoms with Crippen LogP contribution in [-0.4, -0.2) is 125 Å². The van der Waals surface area contributed by atoms with E-state index >= 15 is 0 Å². The monoisotopic (exact) mass is 1050 g/mol. The number of nitrogens with zero attached hydrogens (tertiary/aromatic N) is 4. The number of hydrogen-bond donors (Lipinski definition) is 7. The van der Waals surface area contributed by atoms with E-state index in [4.69, 9.17) is 16.6 Å². The van der Waals surface area contributed by atoms with Crippen LogP contribution in [0, 0.1) is 41.7 Å². The first-order valence-corrected chi connectivity index (χ1v) is 24.9. The zero-order chi connectivity index (χ0) is 59.2. The number of carbonyl (C=O) groups excluding carboxylic acids is 7. The van der Waals surface area contributed by atoms with E-state index in [1.54, 1.807) is 24.0 Å². The van der Waals surface area contributed by atoms with E-state index in [0.717, 1.165) is 22.8 Å². The molecule has 0 spiro atoms. The number of primary amides is 1. The second kappa shape index (κ2) is 41.3. The molecule has 7 amide bonds. The highest BCUT2D eigenvalue weighted by atomic mass is 16.6. The lowest BCUT2D eigenvalue weighted by Gasteiger charge is -2.25. The van der Waals surface area contributed by atoms with Gasteiger partial charge in [-0.25, -0.2) is 0 Å². The van der Waals surface area contributed by atoms with E-state index in [1.807, 2.05) is 54.7 Å². The topological polar surface area (TPSA) is 294 Å². The van der Waals surface area contributed by atoms with Gasteiger partial charge in [-0.1, -0.05) is 84.9 Å². The summed E-state index contributed by atoms with van der Waals surface area (Å²) in [6, 6.07) is 12.4. The van der Waals surface area contributed by atoms with Crippen molar-refractivity contribution in [3.05, 3.63) is 95.2 Å². The van der Waals surface area contributed by atoms with Gasteiger partial charge in [-0.3, -0.25) is 43.7 Å². The fourth-order valence-corrected chi connectivity index (χ4v) is 5.95. The predicted octanol–water partition coefficient (Wildman–Crippen LogP) is 6.64. The first-order chi connectivity index (χ1) is 34.7. The number of nitrogens with one attached hydrogen (secondary N) is 4. The molecule has 3 rings (SSSR count). The van der Waals surface area contributed by atoms with Crippen LogP contribution < -0.4 is 32.7 Å². The number of aromatic nitrogens is 1. The molecule has 0 aliphatic heterocycles. The molecule has 0 aliphatic carbocycles. The van der Waals surface area contributed by atoms with Gasteiger partial charge in [-0.2, -0.15) is 0 Å². The summed E-state index contributed by atoms with van der Waals surface area (Å²) in [4.78, 5) is 88.6. The molecule has 2 aromatic carbocycles. The van der Waals surface area contributed by atoms with Crippen molar-refractivity contribution in [2.75, 3.05) is 40.3 Å². The number of rotatable bonds is 20. The lowest BCUT2D eigenvalue weighted by atomic mass is 10.0. The SMILES string of the molecule is C=CC.C=CC(C)(C)n1cc(C)c2ccccc21.CC(C)C.CC(C)CC(C)N(C)C(=O)CN.CC(C)CC(NC(=O)CN(C)C=O)C(=O)NCC(N)=O.CC(C)NC(=O)CNC=O.Cc1ccc(O)c([N+](=O)[O-])c1. The fraction of sp³-hybridized carbons (Fsp3) is 0.545. The maximum absolute atomic E-state index is 11.9. The number of benzene rings is 2. The van der Waals surface area contributed by atoms with Crippen LogP contribution in [0.4, 0.5) is 5.69 Å². The summed E-state index contributed by atoms with van der Waals surface area (Å²) in [5, 5.41) is 30.3. The van der Waals surface area contributed by atoms with Crippen molar-refractivity contribution in [1.82, 2.24) is 35.6 Å². The van der Waals surface area contributed by atoms with Crippen LogP contribution in [-0.2, 0) is 39.1 Å². The molecule has 0 aliphatic rings. The van der Waals surface area contributed by atoms with Gasteiger partial charge < -0.3 is 52.2 Å². The van der Waals surface area contributed by atoms with Gasteiger partial charge >= 0.3 is 5.69 Å². The Bertz CT molecular complexity index is 2180. The van der Waals surface area contributed by atoms with Crippen LogP contribution >= 0.6 is 0 Å². The maximum atomic E-state index is 11.9. The number of phenolic OH excluding ortho intramolecular Hbond substituents is 1. The van der Waals surface area contributed by atoms with Gasteiger partial charge in [0, 0.05) is 49.3 Å². The Balaban J connectivity index is -0.000000414. The molecule has 2 atom stereocenters. The minimum absolute atomic E-state index is 0.0168. The van der Waals surface area contributed by atoms with E-state index in [1.165, 1.54) is 35.6 Å². The Kier molecular flexibility index (Phi) is 41.0. The van der Waals surface area contributed by atoms with Gasteiger partial charge in [-0.15, -0.1) is 13.2 Å². The summed E-state index contributed by atoms with van der Waals surface area (Å²) in [7, 11) is 3.26. The smallest absolute Gasteiger partial charge is 0.310 e. The zero-order valence-electron chi connectivity index (χ0n) is 48.1. The molecule has 0 bridgehead atoms. The number of aryl methyl sites for hydroxylation is 2. The molecule has 424 valence electrons. The van der Waals surface area contributed by atoms with Crippen molar-refractivity contribution in [1.29, 1.82) is 0 Å². The second-order valence-electron chi connectivity index (χ2n) is 19.8. The Morgan fingerprint density at radius 1 is 0.867 bits per heavy atom. The number of likely N-dealkylation sites (N-methyl/N-ethyl adjacent to an activating group) is 2. The highest BCUT2D eigenvalue weighted by Gasteiger charge is 2.23. The fourth-order valence-electron chi connectivity index (χ4n) is 5.95. The molecule has 75 heavy (non-hydrogen) atoms. The predicted molar refractivity (Wildman–Crippen MR) is 302 cm³/mol. The van der Waals surface area contributed by atoms with Crippen molar-refractivity contribution >= 4 is 58.9 Å². The number of aromatic hydroxyl groups is 1. The van der Waals surface area contributed by atoms with Crippen molar-refractivity contribution in [3.63, 3.8) is 0 Å². The molecule has 9 N–H and O–H groups in total. The largest absolute Gasteiger partial charge is 0.502 e. The van der Waals surface area contributed by atoms with Crippen LogP contribution in [0.5, 0.6) is 5.75 Å². The Morgan fingerprint density at radius 3 is 1.83 bits per heavy atom. The van der Waals surface area contributed by atoms with Crippen molar-refractivity contribution in [2.24, 2.45) is 29.2 Å². The van der Waals surface area contributed by atoms with Gasteiger partial charge in [0.05, 0.1) is 36.6 Å². The number of allylic oxidation sites excluding steroid dienone is 2. The number of nitrogens with two attached hydrogens (primary N) is 2. The molecule has 20 heteroatoms. The number of para-hydroxylation sites is 1. The lowest BCUT2D eigenvalue weighted by Crippen LogP contribution is -2.50. The molecule has 0 saturated carbocycles. The van der Waals surface area contributed by atoms with Crippen molar-refractivity contribution < 1.29 is 43.6 Å². The highest BCUT2D eigenvalue weighted by Crippen LogP contribution is 2.28. The molecule has 2 unspecified atom stereocenters. The number of fused-ring (bicyclic) bond motifs is 1. The molecule has 0 radical (unpaired) electrons. The standard InChI is InChI=1S/C14H17N.C12H22N4O4.C9H20N2O.C7H7NO3.C6H12N2O2.C4H10.C3H6/c1-5-14(3,4)15-10-11(2)12-8-6-7-9-13(12)15;1-8(2)4-9(12(20)14-5-10(13)18)15-11(19)6-16(3)7-17;1-7(2)5-8(3)11(4)9(12)6-10;1-5-2-3-7(9)6(4-5)8(10)11;1-5(2)8-6(10)3-7-4-9;1-4(2)3;1-3-2/h5-10H,1H2,2-4H3;7-9H,4-6H2,1-3H3,(H2,13,18)(H,14,20)(H,15,19);7-8H,5-6,10H2,1-4H3;2-4,9H,1H3;4-5H,3H2,1-2H3,(H,7,9)(H,8,10);4H,1-3H3;3H,1H2,2H3. The summed E-state index contributed by atoms with van der Waals surface area (Å²) in [5.74, 6) is -0.393. The van der Waals surface area contributed by atoms with Gasteiger partial charge in [0.15, 0.2) is 5.75 Å². The van der Waals surface area contributed by atoms with Crippen LogP contribution in [0.2, 0.25) is 0 Å². The van der Waals surface area contributed by atoms with Crippen molar-refractivity contribution in [2.45, 2.75) is 140 Å². The van der Waals surface area contributed by atoms with Crippen LogP contribution in [0.15, 0.2) is 74.0 Å². The third-order valence-corrected chi connectivity index (χ3v) is 9.57. The van der Waals surface area contributed by atoms with E-state index in [9.17, 15) is 43.7 Å². The quantitative estimate of drug-likeness (QED) is 0.0272. The minimum atomic E-state index is -0.762. The lowest BCUT2D eigenvalue weighted by molar-refractivity contribution is -0.385. The minimum Gasteiger partial charge on any atom is -0.502 e. The summed E-state index contributed by atoms with van der Waals surface area (Å²) in [5.41, 5.74) is 13.3. The van der Waals surface area contributed by atoms with Crippen LogP contribution in [0.25, 0.3) is 10.9 Å². The number of hydrogen-bond acceptors (Lipinski definition) is 11. The molecular formula is C55H94N10O10. The molecule has 3 aromatic rings. The second-order valence-corrected chi connectivity index (χ2v) is 19.8. The van der Waals surface area contributed by atoms with E-state index in [2.05, 4.69) is 125 Å². The van der Waals surface area contributed by atoms with E-state index in [0.29, 0.717) is 31.2 Å². The van der Waals surface area contributed by atoms with E-state index < -0.39 is 28.7 Å². The van der Waals surface area contributed by atoms with Crippen LogP contribution in [0.1, 0.15) is 114 Å². The maximum Gasteiger partial charge on any atom is 0.310 e. The number of carbonyl (C=O) groups is 7. The first-order valence-electron chi connectivity index (χ1n) is 24.9. The Hall–Kier alpha value is -7.09. The summed E-state index contributed by atoms with van der Waals surface area (Å²) >= 11 is 0. The third-order valence-electron chi connectivity index (χ3n) is 9.57. The van der Waals surface area contributed by atoms with Crippen molar-refractivity contribution in [3.8, 4) is 5.75 Å². The number of phenols is 1. The van der Waals surface area contributed by atoms with Gasteiger partial charge in [-0.05, 0) is 109 Å². The third kappa shape index (κ3) is 37.3. The van der Waals surface area contributed by atoms with Gasteiger partial charge in [0.1, 0.15) is 6.04 Å². The molecular weight excluding hydrogens is 961 g/mol. The molecule has 0 fully saturated rings. The number of nitro benzene ring substituents is 1. The Labute approximate surface area is 447 Å². The average Bonchev–Trinajstić information content (AvgIpc) is 3.67. The number of nitro groups is 1. The normalized spacial score (nSPS) is 10.9. The summed E-state index contributed by atoms with van der Waals surface area (Å²) in [6.07, 6.45) is 8.40. The highest BCUT2D eigenvalue weighted by molar-refractivity contribution is 5.91. The average molecular weight is 1060 g/mol.